The lowest BCUT2D eigenvalue weighted by molar-refractivity contribution is 0.354. The van der Waals surface area contributed by atoms with Crippen molar-refractivity contribution in [2.24, 2.45) is 5.92 Å². The fourth-order valence-electron chi connectivity index (χ4n) is 4.13. The molecule has 0 bridgehead atoms. The summed E-state index contributed by atoms with van der Waals surface area (Å²) in [6.45, 7) is 7.16. The summed E-state index contributed by atoms with van der Waals surface area (Å²) in [5.74, 6) is 3.75. The van der Waals surface area contributed by atoms with Gasteiger partial charge in [0.05, 0.1) is 10.0 Å². The Bertz CT molecular complexity index is 830. The van der Waals surface area contributed by atoms with E-state index in [0.717, 1.165) is 55.4 Å². The molecule has 1 saturated heterocycles. The minimum atomic E-state index is 0.188. The van der Waals surface area contributed by atoms with Crippen LogP contribution in [0, 0.1) is 5.92 Å². The number of piperidine rings is 1. The highest BCUT2D eigenvalue weighted by molar-refractivity contribution is 6.42. The zero-order valence-corrected chi connectivity index (χ0v) is 16.8. The fourth-order valence-corrected chi connectivity index (χ4v) is 4.61. The van der Waals surface area contributed by atoms with Gasteiger partial charge in [0.15, 0.2) is 0 Å². The van der Waals surface area contributed by atoms with Crippen LogP contribution in [0.5, 0.6) is 5.75 Å². The quantitative estimate of drug-likeness (QED) is 0.735. The number of aromatic nitrogens is 3. The van der Waals surface area contributed by atoms with Gasteiger partial charge in [-0.05, 0) is 44.0 Å². The van der Waals surface area contributed by atoms with E-state index in [2.05, 4.69) is 26.7 Å². The van der Waals surface area contributed by atoms with E-state index in [0.29, 0.717) is 22.6 Å². The minimum absolute atomic E-state index is 0.188. The second-order valence-corrected chi connectivity index (χ2v) is 8.10. The maximum Gasteiger partial charge on any atom is 0.133 e. The van der Waals surface area contributed by atoms with Crippen LogP contribution in [-0.2, 0) is 19.4 Å². The first kappa shape index (κ1) is 18.8. The van der Waals surface area contributed by atoms with Gasteiger partial charge in [-0.15, -0.1) is 10.2 Å². The predicted molar refractivity (Wildman–Crippen MR) is 108 cm³/mol. The van der Waals surface area contributed by atoms with Crippen LogP contribution >= 0.6 is 23.2 Å². The van der Waals surface area contributed by atoms with Crippen molar-refractivity contribution in [1.82, 2.24) is 20.1 Å². The topological polar surface area (TPSA) is 52.0 Å². The average molecular weight is 407 g/mol. The van der Waals surface area contributed by atoms with Crippen LogP contribution in [0.1, 0.15) is 36.0 Å². The number of hydrogen-bond acceptors (Lipinski definition) is 4. The van der Waals surface area contributed by atoms with E-state index in [1.807, 2.05) is 6.07 Å². The Morgan fingerprint density at radius 2 is 2.07 bits per heavy atom. The summed E-state index contributed by atoms with van der Waals surface area (Å²) in [6.07, 6.45) is 5.91. The molecule has 0 saturated carbocycles. The molecule has 0 spiro atoms. The van der Waals surface area contributed by atoms with Gasteiger partial charge in [0, 0.05) is 30.9 Å². The largest absolute Gasteiger partial charge is 0.489 e. The van der Waals surface area contributed by atoms with Crippen LogP contribution in [0.3, 0.4) is 0 Å². The molecule has 4 rings (SSSR count). The minimum Gasteiger partial charge on any atom is -0.489 e. The molecular weight excluding hydrogens is 383 g/mol. The molecule has 1 fully saturated rings. The summed E-state index contributed by atoms with van der Waals surface area (Å²) in [6, 6.07) is 3.67. The van der Waals surface area contributed by atoms with Gasteiger partial charge in [0.2, 0.25) is 0 Å². The van der Waals surface area contributed by atoms with E-state index >= 15 is 0 Å². The van der Waals surface area contributed by atoms with Gasteiger partial charge in [-0.2, -0.15) is 0 Å². The molecule has 144 valence electrons. The van der Waals surface area contributed by atoms with Crippen LogP contribution in [0.25, 0.3) is 0 Å². The van der Waals surface area contributed by atoms with Crippen LogP contribution in [0.4, 0.5) is 0 Å². The van der Waals surface area contributed by atoms with Crippen molar-refractivity contribution in [2.75, 3.05) is 19.7 Å². The third-order valence-corrected chi connectivity index (χ3v) is 6.34. The lowest BCUT2D eigenvalue weighted by Gasteiger charge is -2.22. The smallest absolute Gasteiger partial charge is 0.133 e. The molecule has 5 nitrogen and oxygen atoms in total. The first-order chi connectivity index (χ1) is 13.2. The Kier molecular flexibility index (Phi) is 5.71. The molecule has 1 aromatic heterocycles. The molecule has 7 heteroatoms. The summed E-state index contributed by atoms with van der Waals surface area (Å²) < 4.78 is 8.11. The summed E-state index contributed by atoms with van der Waals surface area (Å²) in [7, 11) is 0. The predicted octanol–water partition coefficient (Wildman–Crippen LogP) is 4.03. The average Bonchev–Trinajstić information content (AvgIpc) is 3.25. The summed E-state index contributed by atoms with van der Waals surface area (Å²) in [5, 5.41) is 13.4. The van der Waals surface area contributed by atoms with E-state index in [9.17, 15) is 0 Å². The Balaban J connectivity index is 1.56. The van der Waals surface area contributed by atoms with Crippen molar-refractivity contribution in [3.05, 3.63) is 52.0 Å². The highest BCUT2D eigenvalue weighted by atomic mass is 35.5. The Hall–Kier alpha value is -1.56. The molecule has 2 aromatic rings. The third kappa shape index (κ3) is 3.86. The van der Waals surface area contributed by atoms with Gasteiger partial charge >= 0.3 is 0 Å². The van der Waals surface area contributed by atoms with Crippen molar-refractivity contribution in [1.29, 1.82) is 0 Å². The van der Waals surface area contributed by atoms with Crippen LogP contribution in [-0.4, -0.2) is 34.5 Å². The number of rotatable bonds is 6. The lowest BCUT2D eigenvalue weighted by Crippen LogP contribution is -2.29. The van der Waals surface area contributed by atoms with E-state index in [1.165, 1.54) is 12.8 Å². The molecule has 2 aliphatic heterocycles. The Labute approximate surface area is 169 Å². The molecule has 1 unspecified atom stereocenters. The lowest BCUT2D eigenvalue weighted by atomic mass is 9.94. The van der Waals surface area contributed by atoms with E-state index in [1.54, 1.807) is 12.1 Å². The maximum absolute atomic E-state index is 6.57. The fraction of sp³-hybridized carbons (Fsp3) is 0.500. The van der Waals surface area contributed by atoms with Crippen molar-refractivity contribution in [2.45, 2.75) is 38.1 Å². The van der Waals surface area contributed by atoms with Gasteiger partial charge in [-0.3, -0.25) is 0 Å². The molecule has 27 heavy (non-hydrogen) atoms. The first-order valence-corrected chi connectivity index (χ1v) is 10.3. The zero-order valence-electron chi connectivity index (χ0n) is 15.3. The molecule has 2 aliphatic rings. The normalized spacial score (nSPS) is 19.9. The molecule has 1 N–H and O–H groups in total. The number of nitrogens with zero attached hydrogens (tertiary/aromatic N) is 3. The van der Waals surface area contributed by atoms with E-state index in [4.69, 9.17) is 27.9 Å². The van der Waals surface area contributed by atoms with Crippen LogP contribution in [0.15, 0.2) is 24.8 Å². The molecule has 1 atom stereocenters. The number of halogens is 2. The summed E-state index contributed by atoms with van der Waals surface area (Å²) in [5.41, 5.74) is 0.962. The van der Waals surface area contributed by atoms with Gasteiger partial charge in [-0.1, -0.05) is 35.9 Å². The standard InChI is InChI=1S/C20H24Cl2N4O/c1-2-9-27-16-4-3-15(21)20(22)19(16)14-11-18-25-24-17(26(18)12-14)10-13-5-7-23-8-6-13/h2-4,13-14,23H,1,5-12H2. The molecular formula is C20H24Cl2N4O. The van der Waals surface area contributed by atoms with Crippen molar-refractivity contribution in [3.63, 3.8) is 0 Å². The number of hydrogen-bond donors (Lipinski definition) is 1. The summed E-state index contributed by atoms with van der Waals surface area (Å²) in [4.78, 5) is 0. The van der Waals surface area contributed by atoms with Gasteiger partial charge in [0.1, 0.15) is 24.0 Å². The van der Waals surface area contributed by atoms with Crippen molar-refractivity contribution in [3.8, 4) is 5.75 Å². The highest BCUT2D eigenvalue weighted by Crippen LogP contribution is 2.42. The second kappa shape index (κ2) is 8.21. The number of fused-ring (bicyclic) bond motifs is 1. The molecule has 0 aliphatic carbocycles. The molecule has 0 radical (unpaired) electrons. The molecule has 1 aromatic carbocycles. The van der Waals surface area contributed by atoms with Crippen LogP contribution in [0.2, 0.25) is 10.0 Å². The SMILES string of the molecule is C=CCOc1ccc(Cl)c(Cl)c1C1Cc2nnc(CC3CCNCC3)n2C1. The maximum atomic E-state index is 6.57. The van der Waals surface area contributed by atoms with Crippen LogP contribution < -0.4 is 10.1 Å². The van der Waals surface area contributed by atoms with Gasteiger partial charge in [0.25, 0.3) is 0 Å². The third-order valence-electron chi connectivity index (χ3n) is 5.52. The van der Waals surface area contributed by atoms with Gasteiger partial charge < -0.3 is 14.6 Å². The van der Waals surface area contributed by atoms with Gasteiger partial charge in [-0.25, -0.2) is 0 Å². The molecule has 3 heterocycles. The highest BCUT2D eigenvalue weighted by Gasteiger charge is 2.32. The van der Waals surface area contributed by atoms with Crippen molar-refractivity contribution < 1.29 is 4.74 Å². The number of nitrogens with one attached hydrogen (secondary N) is 1. The number of ether oxygens (including phenoxy) is 1. The Morgan fingerprint density at radius 1 is 1.26 bits per heavy atom. The first-order valence-electron chi connectivity index (χ1n) is 9.50. The zero-order chi connectivity index (χ0) is 18.8. The monoisotopic (exact) mass is 406 g/mol. The van der Waals surface area contributed by atoms with E-state index < -0.39 is 0 Å². The second-order valence-electron chi connectivity index (χ2n) is 7.31. The van der Waals surface area contributed by atoms with Crippen molar-refractivity contribution >= 4 is 23.2 Å². The number of benzene rings is 1. The van der Waals surface area contributed by atoms with E-state index in [-0.39, 0.29) is 5.92 Å². The molecule has 0 amide bonds. The summed E-state index contributed by atoms with van der Waals surface area (Å²) >= 11 is 12.9. The Morgan fingerprint density at radius 3 is 2.85 bits per heavy atom.